The summed E-state index contributed by atoms with van der Waals surface area (Å²) in [4.78, 5) is 28.2. The molecule has 2 atom stereocenters. The zero-order valence-electron chi connectivity index (χ0n) is 22.5. The van der Waals surface area contributed by atoms with E-state index in [-0.39, 0.29) is 40.7 Å². The number of ketones is 1. The molecule has 3 aromatic heterocycles. The van der Waals surface area contributed by atoms with Gasteiger partial charge in [0.05, 0.1) is 0 Å². The number of nitrogens with zero attached hydrogens (tertiary/aromatic N) is 4. The van der Waals surface area contributed by atoms with Crippen LogP contribution in [-0.4, -0.2) is 28.8 Å². The number of hydrogen-bond donors (Lipinski definition) is 0. The number of hydrogen-bond acceptors (Lipinski definition) is 1. The Morgan fingerprint density at radius 2 is 1.62 bits per heavy atom. The third-order valence-corrected chi connectivity index (χ3v) is 8.42. The summed E-state index contributed by atoms with van der Waals surface area (Å²) in [6, 6.07) is 0. The fraction of sp³-hybridized carbons (Fsp3) is 0.323. The van der Waals surface area contributed by atoms with E-state index < -0.39 is 0 Å². The van der Waals surface area contributed by atoms with E-state index in [0.717, 1.165) is 84.7 Å². The molecule has 0 saturated carbocycles. The molecule has 0 radical (unpaired) electrons. The third kappa shape index (κ3) is 3.68. The first-order valence-electron chi connectivity index (χ1n) is 12.8. The fourth-order valence-electron chi connectivity index (χ4n) is 6.00. The Labute approximate surface area is 234 Å². The molecule has 8 bridgehead atoms. The Morgan fingerprint density at radius 3 is 2.32 bits per heavy atom. The number of carbonyl (C=O) groups excluding carboxylic acids is 1. The van der Waals surface area contributed by atoms with E-state index >= 15 is 0 Å². The molecule has 0 N–H and O–H groups in total. The van der Waals surface area contributed by atoms with Crippen molar-refractivity contribution >= 4 is 58.7 Å². The van der Waals surface area contributed by atoms with Gasteiger partial charge in [-0.3, -0.25) is 4.79 Å². The second-order valence-corrected chi connectivity index (χ2v) is 10.3. The van der Waals surface area contributed by atoms with E-state index in [1.807, 2.05) is 19.1 Å². The van der Waals surface area contributed by atoms with E-state index in [1.165, 1.54) is 5.56 Å². The molecule has 1 saturated heterocycles. The molecule has 3 aliphatic rings. The molecule has 0 aromatic carbocycles. The average molecular weight is 499 g/mol. The van der Waals surface area contributed by atoms with E-state index in [4.69, 9.17) is 20.3 Å². The molecule has 6 heteroatoms. The molecule has 0 spiro atoms. The van der Waals surface area contributed by atoms with Crippen LogP contribution in [0, 0.1) is 32.6 Å². The Kier molecular flexibility index (Phi) is 6.32. The minimum atomic E-state index is 0. The van der Waals surface area contributed by atoms with Crippen LogP contribution in [0.3, 0.4) is 0 Å². The summed E-state index contributed by atoms with van der Waals surface area (Å²) >= 11 is 0. The maximum Gasteiger partial charge on any atom is 2.00 e. The van der Waals surface area contributed by atoms with Crippen molar-refractivity contribution < 1.29 is 4.79 Å². The molecule has 184 valence electrons. The summed E-state index contributed by atoms with van der Waals surface area (Å²) in [6.45, 7) is 16.8. The largest absolute Gasteiger partial charge is 2.00 e. The summed E-state index contributed by atoms with van der Waals surface area (Å²) < 4.78 is 0. The Bertz CT molecular complexity index is 1670. The summed E-state index contributed by atoms with van der Waals surface area (Å²) in [5.41, 5.74) is 12.5. The molecule has 2 aliphatic heterocycles. The van der Waals surface area contributed by atoms with Gasteiger partial charge in [0.2, 0.25) is 0 Å². The van der Waals surface area contributed by atoms with Gasteiger partial charge in [-0.25, -0.2) is 0 Å². The van der Waals surface area contributed by atoms with Gasteiger partial charge in [-0.15, -0.1) is 33.5 Å². The smallest absolute Gasteiger partial charge is 0.664 e. The SMILES string of the molecule is C=Cc1c2[n-]c(c1C)/C=C1\[N-]/C(=C3/CC(=O)c4c3[n-]c(c4C)/C=c3\[n-]/c(c(C)c3CC)=C\2)[C@@H](C)[C@@H]1C.[Mg+2]. The molecule has 5 nitrogen and oxygen atoms in total. The summed E-state index contributed by atoms with van der Waals surface area (Å²) in [5, 5.41) is 6.92. The second-order valence-electron chi connectivity index (χ2n) is 10.3. The molecule has 37 heavy (non-hydrogen) atoms. The van der Waals surface area contributed by atoms with Crippen molar-refractivity contribution in [2.45, 2.75) is 54.4 Å². The van der Waals surface area contributed by atoms with Gasteiger partial charge in [0, 0.05) is 12.0 Å². The first-order valence-corrected chi connectivity index (χ1v) is 12.8. The Balaban J connectivity index is 0.00000280. The first-order chi connectivity index (χ1) is 17.2. The van der Waals surface area contributed by atoms with Crippen LogP contribution >= 0.6 is 0 Å². The normalized spacial score (nSPS) is 24.9. The monoisotopic (exact) mass is 498 g/mol. The molecule has 1 aliphatic carbocycles. The minimum absolute atomic E-state index is 0. The Hall–Kier alpha value is -2.96. The van der Waals surface area contributed by atoms with Crippen LogP contribution in [0.4, 0.5) is 0 Å². The minimum Gasteiger partial charge on any atom is -0.664 e. The zero-order chi connectivity index (χ0) is 25.5. The van der Waals surface area contributed by atoms with Crippen molar-refractivity contribution in [1.29, 1.82) is 0 Å². The summed E-state index contributed by atoms with van der Waals surface area (Å²) in [6.07, 6.45) is 9.33. The van der Waals surface area contributed by atoms with Crippen molar-refractivity contribution in [3.63, 3.8) is 0 Å². The van der Waals surface area contributed by atoms with Crippen LogP contribution in [0.2, 0.25) is 0 Å². The number of Topliss-reactive ketones (excluding diaryl/α,β-unsaturated/α-hetero) is 1. The molecular weight excluding hydrogens is 469 g/mol. The quantitative estimate of drug-likeness (QED) is 0.494. The van der Waals surface area contributed by atoms with Crippen LogP contribution in [0.5, 0.6) is 0 Å². The molecule has 1 fully saturated rings. The number of carbonyl (C=O) groups is 1. The fourth-order valence-corrected chi connectivity index (χ4v) is 6.00. The summed E-state index contributed by atoms with van der Waals surface area (Å²) in [7, 11) is 0. The second kappa shape index (κ2) is 9.10. The van der Waals surface area contributed by atoms with Gasteiger partial charge < -0.3 is 20.3 Å². The summed E-state index contributed by atoms with van der Waals surface area (Å²) in [5.74, 6) is 0.544. The van der Waals surface area contributed by atoms with Crippen LogP contribution in [0.25, 0.3) is 35.2 Å². The molecule has 0 unspecified atom stereocenters. The number of aromatic nitrogens is 3. The maximum absolute atomic E-state index is 13.2. The molecule has 0 amide bonds. The molecular formula is C31H30MgN4O-2. The topological polar surface area (TPSA) is 73.5 Å². The van der Waals surface area contributed by atoms with Crippen molar-refractivity contribution in [3.8, 4) is 0 Å². The van der Waals surface area contributed by atoms with Crippen LogP contribution in [-0.2, 0) is 6.42 Å². The molecule has 5 heterocycles. The van der Waals surface area contributed by atoms with E-state index in [2.05, 4.69) is 53.3 Å². The maximum atomic E-state index is 13.2. The number of allylic oxidation sites excluding steroid dienone is 3. The molecule has 3 aromatic rings. The Morgan fingerprint density at radius 1 is 0.919 bits per heavy atom. The predicted octanol–water partition coefficient (Wildman–Crippen LogP) is 4.28. The number of rotatable bonds is 2. The average Bonchev–Trinajstić information content (AvgIpc) is 3.58. The first kappa shape index (κ1) is 25.7. The van der Waals surface area contributed by atoms with E-state index in [1.54, 1.807) is 0 Å². The van der Waals surface area contributed by atoms with E-state index in [0.29, 0.717) is 6.42 Å². The van der Waals surface area contributed by atoms with Crippen LogP contribution in [0.1, 0.15) is 88.1 Å². The van der Waals surface area contributed by atoms with Gasteiger partial charge in [-0.1, -0.05) is 79.5 Å². The van der Waals surface area contributed by atoms with Crippen LogP contribution < -0.4 is 25.7 Å². The standard InChI is InChI=1S/C31H31N4O.Mg/c1-8-19-16(5)23-11-22-14(3)15(4)30(34-22)21-10-28(36)29-18(7)25(35-31(21)29)13-27-20(9-2)17(6)24(33-27)12-26(19)32-23;/h8,11-15H,1,9-10H2,2-7H3,(H-,34,35,36);/q-3;+2/p-1/b22-11-,24-12-,27-13-;/t14-,15-;/m0./s1. The van der Waals surface area contributed by atoms with Crippen molar-refractivity contribution in [1.82, 2.24) is 15.0 Å². The van der Waals surface area contributed by atoms with Gasteiger partial charge in [-0.2, -0.15) is 11.4 Å². The molecule has 6 rings (SSSR count). The van der Waals surface area contributed by atoms with Crippen LogP contribution in [0.15, 0.2) is 18.0 Å². The van der Waals surface area contributed by atoms with Gasteiger partial charge in [0.15, 0.2) is 5.78 Å². The predicted molar refractivity (Wildman–Crippen MR) is 151 cm³/mol. The van der Waals surface area contributed by atoms with Crippen molar-refractivity contribution in [2.75, 3.05) is 0 Å². The van der Waals surface area contributed by atoms with Crippen molar-refractivity contribution in [3.05, 3.63) is 90.1 Å². The van der Waals surface area contributed by atoms with Gasteiger partial charge >= 0.3 is 23.1 Å². The van der Waals surface area contributed by atoms with Gasteiger partial charge in [-0.05, 0) is 44.6 Å². The van der Waals surface area contributed by atoms with E-state index in [9.17, 15) is 4.79 Å². The number of fused-ring (bicyclic) bond motifs is 7. The third-order valence-electron chi connectivity index (χ3n) is 8.42. The zero-order valence-corrected chi connectivity index (χ0v) is 23.9. The van der Waals surface area contributed by atoms with Gasteiger partial charge in [0.25, 0.3) is 0 Å². The van der Waals surface area contributed by atoms with Crippen molar-refractivity contribution in [2.24, 2.45) is 11.8 Å². The van der Waals surface area contributed by atoms with Gasteiger partial charge in [0.1, 0.15) is 0 Å².